The van der Waals surface area contributed by atoms with Gasteiger partial charge in [-0.3, -0.25) is 4.98 Å². The zero-order valence-electron chi connectivity index (χ0n) is 16.9. The Morgan fingerprint density at radius 2 is 2.00 bits per heavy atom. The van der Waals surface area contributed by atoms with Gasteiger partial charge in [-0.1, -0.05) is 25.1 Å². The molecule has 1 aromatic carbocycles. The number of aryl methyl sites for hydroxylation is 1. The molecule has 150 valence electrons. The standard InChI is InChI=1S/C24H22N4O2/c1-3-19-23(16-8-10-18(29-2)11-9-16)24-26-20(22-7-5-13-30-22)14-21(28(24)27-19)17-6-4-12-25-15-17/h4-13,15,21H,3,14H2,1-2H3/t21-/m0/s1. The number of methoxy groups -OCH3 is 1. The van der Waals surface area contributed by atoms with E-state index < -0.39 is 0 Å². The highest BCUT2D eigenvalue weighted by molar-refractivity contribution is 6.02. The van der Waals surface area contributed by atoms with Gasteiger partial charge in [0.15, 0.2) is 5.82 Å². The minimum Gasteiger partial charge on any atom is -0.497 e. The van der Waals surface area contributed by atoms with Crippen molar-refractivity contribution in [1.82, 2.24) is 14.8 Å². The second-order valence-corrected chi connectivity index (χ2v) is 7.21. The summed E-state index contributed by atoms with van der Waals surface area (Å²) in [5.41, 5.74) is 5.16. The van der Waals surface area contributed by atoms with Crippen LogP contribution in [0.25, 0.3) is 11.1 Å². The average Bonchev–Trinajstić information content (AvgIpc) is 3.47. The molecule has 4 heterocycles. The SMILES string of the molecule is CCc1nn2c(c1-c1ccc(OC)cc1)N=C(c1ccco1)C[C@H]2c1cccnc1. The van der Waals surface area contributed by atoms with Crippen molar-refractivity contribution in [3.05, 3.63) is 84.2 Å². The molecule has 1 aliphatic rings. The van der Waals surface area contributed by atoms with Gasteiger partial charge in [-0.2, -0.15) is 5.10 Å². The molecule has 0 unspecified atom stereocenters. The second kappa shape index (κ2) is 7.63. The van der Waals surface area contributed by atoms with Gasteiger partial charge in [0.2, 0.25) is 0 Å². The van der Waals surface area contributed by atoms with Crippen molar-refractivity contribution in [3.63, 3.8) is 0 Å². The Bertz CT molecular complexity index is 1180. The van der Waals surface area contributed by atoms with E-state index in [0.29, 0.717) is 6.42 Å². The molecule has 0 fully saturated rings. The maximum absolute atomic E-state index is 5.69. The lowest BCUT2D eigenvalue weighted by Gasteiger charge is -2.24. The third kappa shape index (κ3) is 3.10. The number of hydrogen-bond acceptors (Lipinski definition) is 5. The van der Waals surface area contributed by atoms with Crippen LogP contribution in [0.4, 0.5) is 5.82 Å². The van der Waals surface area contributed by atoms with Crippen LogP contribution >= 0.6 is 0 Å². The van der Waals surface area contributed by atoms with Gasteiger partial charge >= 0.3 is 0 Å². The van der Waals surface area contributed by atoms with Crippen LogP contribution in [0, 0.1) is 0 Å². The Morgan fingerprint density at radius 1 is 1.13 bits per heavy atom. The van der Waals surface area contributed by atoms with Crippen molar-refractivity contribution in [2.24, 2.45) is 4.99 Å². The van der Waals surface area contributed by atoms with Crippen molar-refractivity contribution < 1.29 is 9.15 Å². The molecule has 0 bridgehead atoms. The molecule has 3 aromatic heterocycles. The quantitative estimate of drug-likeness (QED) is 0.462. The first-order valence-corrected chi connectivity index (χ1v) is 10.1. The van der Waals surface area contributed by atoms with Crippen LogP contribution in [0.5, 0.6) is 5.75 Å². The molecule has 0 saturated carbocycles. The van der Waals surface area contributed by atoms with E-state index in [-0.39, 0.29) is 6.04 Å². The lowest BCUT2D eigenvalue weighted by molar-refractivity contribution is 0.415. The van der Waals surface area contributed by atoms with Crippen LogP contribution in [0.15, 0.2) is 76.6 Å². The summed E-state index contributed by atoms with van der Waals surface area (Å²) in [6, 6.07) is 16.0. The van der Waals surface area contributed by atoms with E-state index in [2.05, 4.69) is 30.1 Å². The predicted molar refractivity (Wildman–Crippen MR) is 115 cm³/mol. The number of nitrogens with zero attached hydrogens (tertiary/aromatic N) is 4. The molecule has 0 saturated heterocycles. The molecule has 0 spiro atoms. The number of pyridine rings is 1. The van der Waals surface area contributed by atoms with Gasteiger partial charge in [-0.15, -0.1) is 0 Å². The highest BCUT2D eigenvalue weighted by atomic mass is 16.5. The van der Waals surface area contributed by atoms with Gasteiger partial charge in [-0.05, 0) is 47.9 Å². The number of ether oxygens (including phenoxy) is 1. The Hall–Kier alpha value is -3.67. The fourth-order valence-corrected chi connectivity index (χ4v) is 3.97. The maximum atomic E-state index is 5.69. The first kappa shape index (κ1) is 18.4. The number of rotatable bonds is 5. The molecular formula is C24H22N4O2. The van der Waals surface area contributed by atoms with E-state index >= 15 is 0 Å². The largest absolute Gasteiger partial charge is 0.497 e. The summed E-state index contributed by atoms with van der Waals surface area (Å²) >= 11 is 0. The first-order chi connectivity index (χ1) is 14.8. The molecule has 0 N–H and O–H groups in total. The van der Waals surface area contributed by atoms with E-state index in [1.807, 2.05) is 41.2 Å². The van der Waals surface area contributed by atoms with Gasteiger partial charge in [0.05, 0.1) is 30.8 Å². The minimum absolute atomic E-state index is 0.00333. The summed E-state index contributed by atoms with van der Waals surface area (Å²) in [6.45, 7) is 2.12. The monoisotopic (exact) mass is 398 g/mol. The predicted octanol–water partition coefficient (Wildman–Crippen LogP) is 5.22. The fourth-order valence-electron chi connectivity index (χ4n) is 3.97. The molecule has 1 aliphatic heterocycles. The van der Waals surface area contributed by atoms with E-state index in [1.54, 1.807) is 19.6 Å². The minimum atomic E-state index is 0.00333. The van der Waals surface area contributed by atoms with Crippen molar-refractivity contribution >= 4 is 11.5 Å². The van der Waals surface area contributed by atoms with Crippen LogP contribution in [0.1, 0.15) is 36.4 Å². The van der Waals surface area contributed by atoms with Crippen LogP contribution < -0.4 is 4.74 Å². The Labute approximate surface area is 174 Å². The molecular weight excluding hydrogens is 376 g/mol. The van der Waals surface area contributed by atoms with Gasteiger partial charge in [0.25, 0.3) is 0 Å². The normalized spacial score (nSPS) is 15.5. The molecule has 4 aromatic rings. The van der Waals surface area contributed by atoms with E-state index in [4.69, 9.17) is 19.2 Å². The third-order valence-electron chi connectivity index (χ3n) is 5.47. The summed E-state index contributed by atoms with van der Waals surface area (Å²) in [4.78, 5) is 9.35. The molecule has 0 amide bonds. The van der Waals surface area contributed by atoms with Gasteiger partial charge < -0.3 is 9.15 Å². The summed E-state index contributed by atoms with van der Waals surface area (Å²) in [6.07, 6.45) is 6.88. The summed E-state index contributed by atoms with van der Waals surface area (Å²) in [7, 11) is 1.67. The lowest BCUT2D eigenvalue weighted by Crippen LogP contribution is -2.21. The number of aromatic nitrogens is 3. The Kier molecular flexibility index (Phi) is 4.67. The summed E-state index contributed by atoms with van der Waals surface area (Å²) in [5, 5.41) is 4.98. The van der Waals surface area contributed by atoms with E-state index in [0.717, 1.165) is 51.8 Å². The van der Waals surface area contributed by atoms with Crippen LogP contribution in [-0.4, -0.2) is 27.6 Å². The maximum Gasteiger partial charge on any atom is 0.159 e. The number of fused-ring (bicyclic) bond motifs is 1. The Morgan fingerprint density at radius 3 is 2.67 bits per heavy atom. The van der Waals surface area contributed by atoms with E-state index in [1.165, 1.54) is 0 Å². The topological polar surface area (TPSA) is 65.4 Å². The van der Waals surface area contributed by atoms with Crippen molar-refractivity contribution in [1.29, 1.82) is 0 Å². The molecule has 0 radical (unpaired) electrons. The number of benzene rings is 1. The molecule has 1 atom stereocenters. The first-order valence-electron chi connectivity index (χ1n) is 10.1. The number of furan rings is 1. The Balaban J connectivity index is 1.72. The summed E-state index contributed by atoms with van der Waals surface area (Å²) in [5.74, 6) is 2.46. The van der Waals surface area contributed by atoms with Crippen LogP contribution in [0.3, 0.4) is 0 Å². The van der Waals surface area contributed by atoms with Gasteiger partial charge in [-0.25, -0.2) is 9.67 Å². The van der Waals surface area contributed by atoms with Gasteiger partial charge in [0.1, 0.15) is 11.5 Å². The van der Waals surface area contributed by atoms with Crippen molar-refractivity contribution in [2.75, 3.05) is 7.11 Å². The van der Waals surface area contributed by atoms with Crippen LogP contribution in [0.2, 0.25) is 0 Å². The average molecular weight is 398 g/mol. The smallest absolute Gasteiger partial charge is 0.159 e. The highest BCUT2D eigenvalue weighted by Gasteiger charge is 2.31. The lowest BCUT2D eigenvalue weighted by atomic mass is 9.98. The number of aliphatic imine (C=N–C) groups is 1. The molecule has 6 heteroatoms. The second-order valence-electron chi connectivity index (χ2n) is 7.21. The zero-order valence-corrected chi connectivity index (χ0v) is 16.9. The molecule has 5 rings (SSSR count). The van der Waals surface area contributed by atoms with Crippen LogP contribution in [-0.2, 0) is 6.42 Å². The fraction of sp³-hybridized carbons (Fsp3) is 0.208. The highest BCUT2D eigenvalue weighted by Crippen LogP contribution is 2.42. The zero-order chi connectivity index (χ0) is 20.5. The van der Waals surface area contributed by atoms with Crippen molar-refractivity contribution in [3.8, 4) is 16.9 Å². The van der Waals surface area contributed by atoms with E-state index in [9.17, 15) is 0 Å². The molecule has 6 nitrogen and oxygen atoms in total. The third-order valence-corrected chi connectivity index (χ3v) is 5.47. The van der Waals surface area contributed by atoms with Crippen molar-refractivity contribution in [2.45, 2.75) is 25.8 Å². The molecule has 30 heavy (non-hydrogen) atoms. The summed E-state index contributed by atoms with van der Waals surface area (Å²) < 4.78 is 13.1. The molecule has 0 aliphatic carbocycles. The van der Waals surface area contributed by atoms with Gasteiger partial charge in [0, 0.05) is 24.4 Å². The number of hydrogen-bond donors (Lipinski definition) is 0.